The molecular formula is C14H18N4O2. The molecule has 0 N–H and O–H groups in total. The maximum absolute atomic E-state index is 12.1. The second-order valence-corrected chi connectivity index (χ2v) is 5.86. The van der Waals surface area contributed by atoms with Crippen LogP contribution in [0.5, 0.6) is 0 Å². The number of hydrogen-bond donors (Lipinski definition) is 0. The van der Waals surface area contributed by atoms with Gasteiger partial charge in [-0.05, 0) is 24.8 Å². The highest BCUT2D eigenvalue weighted by Crippen LogP contribution is 2.33. The zero-order valence-corrected chi connectivity index (χ0v) is 11.3. The van der Waals surface area contributed by atoms with Crippen molar-refractivity contribution in [1.29, 1.82) is 0 Å². The normalized spacial score (nSPS) is 29.7. The Morgan fingerprint density at radius 1 is 1.25 bits per heavy atom. The predicted molar refractivity (Wildman–Crippen MR) is 72.2 cm³/mol. The molecule has 1 aromatic heterocycles. The summed E-state index contributed by atoms with van der Waals surface area (Å²) in [6.45, 7) is 2.65. The first kappa shape index (κ1) is 12.1. The number of rotatable bonds is 3. The summed E-state index contributed by atoms with van der Waals surface area (Å²) < 4.78 is 5.71. The number of nitrogens with zero attached hydrogens (tertiary/aromatic N) is 4. The van der Waals surface area contributed by atoms with Crippen LogP contribution >= 0.6 is 0 Å². The quantitative estimate of drug-likeness (QED) is 0.793. The number of fused-ring (bicyclic) bond motifs is 1. The molecule has 3 fully saturated rings. The van der Waals surface area contributed by atoms with Crippen LogP contribution in [0, 0.1) is 5.92 Å². The van der Waals surface area contributed by atoms with Crippen molar-refractivity contribution < 1.29 is 9.53 Å². The maximum Gasteiger partial charge on any atom is 0.248 e. The topological polar surface area (TPSA) is 58.6 Å². The van der Waals surface area contributed by atoms with Gasteiger partial charge in [0.25, 0.3) is 0 Å². The smallest absolute Gasteiger partial charge is 0.248 e. The van der Waals surface area contributed by atoms with Crippen LogP contribution in [0.3, 0.4) is 0 Å². The zero-order chi connectivity index (χ0) is 13.5. The molecule has 2 saturated heterocycles. The summed E-state index contributed by atoms with van der Waals surface area (Å²) in [6.07, 6.45) is 6.10. The Balaban J connectivity index is 1.52. The minimum absolute atomic E-state index is 0.0928. The minimum atomic E-state index is 0.0928. The van der Waals surface area contributed by atoms with Gasteiger partial charge < -0.3 is 14.5 Å². The van der Waals surface area contributed by atoms with E-state index in [9.17, 15) is 4.79 Å². The average molecular weight is 274 g/mol. The van der Waals surface area contributed by atoms with Crippen molar-refractivity contribution in [1.82, 2.24) is 14.9 Å². The lowest BCUT2D eigenvalue weighted by molar-refractivity contribution is -0.153. The van der Waals surface area contributed by atoms with Crippen LogP contribution in [0.2, 0.25) is 0 Å². The van der Waals surface area contributed by atoms with Crippen LogP contribution in [0.15, 0.2) is 18.5 Å². The Hall–Kier alpha value is -1.69. The van der Waals surface area contributed by atoms with Crippen LogP contribution in [-0.4, -0.2) is 59.2 Å². The monoisotopic (exact) mass is 274 g/mol. The van der Waals surface area contributed by atoms with Crippen LogP contribution in [0.4, 0.5) is 5.95 Å². The van der Waals surface area contributed by atoms with E-state index in [1.54, 1.807) is 12.4 Å². The molecule has 2 atom stereocenters. The molecule has 0 radical (unpaired) electrons. The molecule has 6 heteroatoms. The number of anilines is 1. The molecule has 0 bridgehead atoms. The fraction of sp³-hybridized carbons (Fsp3) is 0.643. The summed E-state index contributed by atoms with van der Waals surface area (Å²) in [4.78, 5) is 24.8. The highest BCUT2D eigenvalue weighted by Gasteiger charge is 2.45. The molecule has 0 unspecified atom stereocenters. The molecule has 1 aromatic rings. The molecule has 0 aromatic carbocycles. The summed E-state index contributed by atoms with van der Waals surface area (Å²) in [5, 5.41) is 0. The van der Waals surface area contributed by atoms with Crippen molar-refractivity contribution in [3.63, 3.8) is 0 Å². The zero-order valence-electron chi connectivity index (χ0n) is 11.3. The van der Waals surface area contributed by atoms with Gasteiger partial charge >= 0.3 is 0 Å². The van der Waals surface area contributed by atoms with E-state index in [4.69, 9.17) is 4.74 Å². The molecule has 6 nitrogen and oxygen atoms in total. The fourth-order valence-electron chi connectivity index (χ4n) is 3.10. The Morgan fingerprint density at radius 2 is 2.05 bits per heavy atom. The molecule has 3 aliphatic rings. The number of ether oxygens (including phenoxy) is 1. The van der Waals surface area contributed by atoms with Crippen LogP contribution in [0.25, 0.3) is 0 Å². The van der Waals surface area contributed by atoms with E-state index in [0.29, 0.717) is 5.92 Å². The Labute approximate surface area is 117 Å². The number of hydrogen-bond acceptors (Lipinski definition) is 5. The summed E-state index contributed by atoms with van der Waals surface area (Å²) in [7, 11) is 0. The minimum Gasteiger partial charge on any atom is -0.364 e. The Bertz CT molecular complexity index is 505. The lowest BCUT2D eigenvalue weighted by Gasteiger charge is -2.36. The van der Waals surface area contributed by atoms with E-state index >= 15 is 0 Å². The molecule has 1 amide bonds. The average Bonchev–Trinajstić information content (AvgIpc) is 3.19. The number of aromatic nitrogens is 2. The molecule has 3 heterocycles. The van der Waals surface area contributed by atoms with E-state index in [0.717, 1.165) is 25.6 Å². The summed E-state index contributed by atoms with van der Waals surface area (Å²) in [5.74, 6) is 1.57. The van der Waals surface area contributed by atoms with Gasteiger partial charge in [-0.2, -0.15) is 0 Å². The second kappa shape index (κ2) is 4.70. The van der Waals surface area contributed by atoms with E-state index in [1.165, 1.54) is 12.8 Å². The largest absolute Gasteiger partial charge is 0.364 e. The van der Waals surface area contributed by atoms with Gasteiger partial charge in [0.15, 0.2) is 0 Å². The molecule has 0 spiro atoms. The van der Waals surface area contributed by atoms with Gasteiger partial charge in [0.1, 0.15) is 6.61 Å². The van der Waals surface area contributed by atoms with Gasteiger partial charge in [-0.25, -0.2) is 9.97 Å². The van der Waals surface area contributed by atoms with E-state index in [1.807, 2.05) is 11.0 Å². The van der Waals surface area contributed by atoms with Crippen molar-refractivity contribution in [2.24, 2.45) is 5.92 Å². The van der Waals surface area contributed by atoms with Crippen molar-refractivity contribution in [3.05, 3.63) is 18.5 Å². The molecule has 4 rings (SSSR count). The third-order valence-corrected chi connectivity index (χ3v) is 4.37. The number of amides is 1. The third kappa shape index (κ3) is 2.14. The summed E-state index contributed by atoms with van der Waals surface area (Å²) >= 11 is 0. The van der Waals surface area contributed by atoms with Crippen molar-refractivity contribution in [2.75, 3.05) is 31.1 Å². The van der Waals surface area contributed by atoms with E-state index in [2.05, 4.69) is 14.9 Å². The molecule has 1 saturated carbocycles. The van der Waals surface area contributed by atoms with Gasteiger partial charge in [-0.3, -0.25) is 4.79 Å². The van der Waals surface area contributed by atoms with Crippen molar-refractivity contribution in [3.8, 4) is 0 Å². The SMILES string of the molecule is O=C1CO[C@@H]2CN(c3ncccn3)C[C@H]2N1CC1CC1. The highest BCUT2D eigenvalue weighted by molar-refractivity contribution is 5.79. The molecule has 20 heavy (non-hydrogen) atoms. The summed E-state index contributed by atoms with van der Waals surface area (Å²) in [6, 6.07) is 1.96. The lowest BCUT2D eigenvalue weighted by atomic mass is 10.1. The van der Waals surface area contributed by atoms with Gasteiger partial charge in [0, 0.05) is 32.0 Å². The van der Waals surface area contributed by atoms with Crippen LogP contribution in [-0.2, 0) is 9.53 Å². The van der Waals surface area contributed by atoms with E-state index < -0.39 is 0 Å². The maximum atomic E-state index is 12.1. The number of morpholine rings is 1. The Morgan fingerprint density at radius 3 is 2.80 bits per heavy atom. The van der Waals surface area contributed by atoms with Crippen LogP contribution < -0.4 is 4.90 Å². The van der Waals surface area contributed by atoms with E-state index in [-0.39, 0.29) is 24.7 Å². The van der Waals surface area contributed by atoms with Gasteiger partial charge in [-0.15, -0.1) is 0 Å². The van der Waals surface area contributed by atoms with Crippen LogP contribution in [0.1, 0.15) is 12.8 Å². The first-order valence-electron chi connectivity index (χ1n) is 7.24. The lowest BCUT2D eigenvalue weighted by Crippen LogP contribution is -2.54. The van der Waals surface area contributed by atoms with Gasteiger partial charge in [-0.1, -0.05) is 0 Å². The van der Waals surface area contributed by atoms with Crippen molar-refractivity contribution >= 4 is 11.9 Å². The fourth-order valence-corrected chi connectivity index (χ4v) is 3.10. The highest BCUT2D eigenvalue weighted by atomic mass is 16.5. The molecule has 106 valence electrons. The third-order valence-electron chi connectivity index (χ3n) is 4.37. The number of carbonyl (C=O) groups excluding carboxylic acids is 1. The van der Waals surface area contributed by atoms with Gasteiger partial charge in [0.05, 0.1) is 12.1 Å². The Kier molecular flexibility index (Phi) is 2.84. The number of carbonyl (C=O) groups is 1. The van der Waals surface area contributed by atoms with Gasteiger partial charge in [0.2, 0.25) is 11.9 Å². The molecule has 1 aliphatic carbocycles. The molecule has 2 aliphatic heterocycles. The molecular weight excluding hydrogens is 256 g/mol. The predicted octanol–water partition coefficient (Wildman–Crippen LogP) is 0.303. The van der Waals surface area contributed by atoms with Crippen molar-refractivity contribution in [2.45, 2.75) is 25.0 Å². The second-order valence-electron chi connectivity index (χ2n) is 5.86. The first-order chi connectivity index (χ1) is 9.81. The summed E-state index contributed by atoms with van der Waals surface area (Å²) in [5.41, 5.74) is 0. The first-order valence-corrected chi connectivity index (χ1v) is 7.24. The standard InChI is InChI=1S/C14H18N4O2/c19-13-9-20-12-8-17(14-15-4-1-5-16-14)7-11(12)18(13)6-10-2-3-10/h1,4-5,10-12H,2-3,6-9H2/t11-,12-/m1/s1.